The maximum Gasteiger partial charge on any atom is 0.196 e. The standard InChI is InChI=1S/C18H12Br2N2O2/c1-11(23)17-16(18(24)12-5-7-13(19)8-6-12)10-22(21-17)15-4-2-3-14(20)9-15/h2-10H,1H3. The first-order valence-electron chi connectivity index (χ1n) is 7.12. The Hall–Kier alpha value is -2.05. The topological polar surface area (TPSA) is 52.0 Å². The zero-order chi connectivity index (χ0) is 17.3. The molecule has 6 heteroatoms. The predicted molar refractivity (Wildman–Crippen MR) is 98.8 cm³/mol. The molecule has 0 N–H and O–H groups in total. The van der Waals surface area contributed by atoms with Gasteiger partial charge in [0.05, 0.1) is 11.3 Å². The predicted octanol–water partition coefficient (Wildman–Crippen LogP) is 4.83. The van der Waals surface area contributed by atoms with Crippen molar-refractivity contribution in [3.63, 3.8) is 0 Å². The maximum absolute atomic E-state index is 12.8. The molecule has 0 saturated carbocycles. The third kappa shape index (κ3) is 3.39. The minimum absolute atomic E-state index is 0.169. The summed E-state index contributed by atoms with van der Waals surface area (Å²) in [6.07, 6.45) is 1.60. The van der Waals surface area contributed by atoms with Crippen molar-refractivity contribution in [3.05, 3.63) is 80.5 Å². The number of rotatable bonds is 4. The van der Waals surface area contributed by atoms with E-state index < -0.39 is 0 Å². The Kier molecular flexibility index (Phi) is 4.78. The lowest BCUT2D eigenvalue weighted by Gasteiger charge is -2.01. The summed E-state index contributed by atoms with van der Waals surface area (Å²) in [5.74, 6) is -0.474. The molecule has 3 aromatic rings. The number of Topliss-reactive ketones (excluding diaryl/α,β-unsaturated/α-hetero) is 1. The van der Waals surface area contributed by atoms with Crippen LogP contribution in [0.1, 0.15) is 33.3 Å². The highest BCUT2D eigenvalue weighted by Crippen LogP contribution is 2.20. The molecular weight excluding hydrogens is 436 g/mol. The molecule has 0 atom stereocenters. The van der Waals surface area contributed by atoms with Crippen LogP contribution in [0.3, 0.4) is 0 Å². The molecule has 0 radical (unpaired) electrons. The summed E-state index contributed by atoms with van der Waals surface area (Å²) in [7, 11) is 0. The Morgan fingerprint density at radius 3 is 2.33 bits per heavy atom. The van der Waals surface area contributed by atoms with Crippen molar-refractivity contribution < 1.29 is 9.59 Å². The third-order valence-corrected chi connectivity index (χ3v) is 4.49. The Morgan fingerprint density at radius 2 is 1.71 bits per heavy atom. The smallest absolute Gasteiger partial charge is 0.196 e. The average Bonchev–Trinajstić information content (AvgIpc) is 3.00. The fourth-order valence-corrected chi connectivity index (χ4v) is 2.96. The van der Waals surface area contributed by atoms with Gasteiger partial charge in [-0.15, -0.1) is 0 Å². The Bertz CT molecular complexity index is 930. The number of hydrogen-bond acceptors (Lipinski definition) is 3. The molecule has 0 amide bonds. The molecule has 0 aliphatic rings. The van der Waals surface area contributed by atoms with Gasteiger partial charge >= 0.3 is 0 Å². The van der Waals surface area contributed by atoms with E-state index in [1.54, 1.807) is 35.1 Å². The Labute approximate surface area is 155 Å². The van der Waals surface area contributed by atoms with Gasteiger partial charge in [0, 0.05) is 27.6 Å². The second kappa shape index (κ2) is 6.83. The summed E-state index contributed by atoms with van der Waals surface area (Å²) in [4.78, 5) is 24.7. The van der Waals surface area contributed by atoms with Gasteiger partial charge in [-0.3, -0.25) is 9.59 Å². The lowest BCUT2D eigenvalue weighted by atomic mass is 10.0. The first-order chi connectivity index (χ1) is 11.5. The molecule has 0 fully saturated rings. The van der Waals surface area contributed by atoms with E-state index in [1.807, 2.05) is 24.3 Å². The molecule has 0 aliphatic heterocycles. The molecule has 120 valence electrons. The summed E-state index contributed by atoms with van der Waals surface area (Å²) < 4.78 is 3.32. The van der Waals surface area contributed by atoms with Crippen molar-refractivity contribution in [2.45, 2.75) is 6.92 Å². The summed E-state index contributed by atoms with van der Waals surface area (Å²) in [5.41, 5.74) is 1.74. The quantitative estimate of drug-likeness (QED) is 0.538. The van der Waals surface area contributed by atoms with Crippen molar-refractivity contribution >= 4 is 43.4 Å². The van der Waals surface area contributed by atoms with Gasteiger partial charge < -0.3 is 0 Å². The van der Waals surface area contributed by atoms with Gasteiger partial charge in [-0.05, 0) is 42.5 Å². The number of hydrogen-bond donors (Lipinski definition) is 0. The van der Waals surface area contributed by atoms with Crippen molar-refractivity contribution in [1.29, 1.82) is 0 Å². The lowest BCUT2D eigenvalue weighted by Crippen LogP contribution is -2.06. The van der Waals surface area contributed by atoms with Crippen LogP contribution in [0, 0.1) is 0 Å². The number of aromatic nitrogens is 2. The van der Waals surface area contributed by atoms with E-state index in [2.05, 4.69) is 37.0 Å². The van der Waals surface area contributed by atoms with Crippen LogP contribution in [0.25, 0.3) is 5.69 Å². The van der Waals surface area contributed by atoms with Crippen molar-refractivity contribution in [2.24, 2.45) is 0 Å². The van der Waals surface area contributed by atoms with Crippen LogP contribution in [0.5, 0.6) is 0 Å². The molecule has 4 nitrogen and oxygen atoms in total. The highest BCUT2D eigenvalue weighted by atomic mass is 79.9. The van der Waals surface area contributed by atoms with E-state index in [0.29, 0.717) is 11.1 Å². The summed E-state index contributed by atoms with van der Waals surface area (Å²) >= 11 is 6.75. The van der Waals surface area contributed by atoms with Crippen molar-refractivity contribution in [1.82, 2.24) is 9.78 Å². The van der Waals surface area contributed by atoms with Gasteiger partial charge in [0.1, 0.15) is 5.69 Å². The molecule has 3 rings (SSSR count). The molecule has 2 aromatic carbocycles. The van der Waals surface area contributed by atoms with Gasteiger partial charge in [0.2, 0.25) is 0 Å². The molecule has 0 unspecified atom stereocenters. The summed E-state index contributed by atoms with van der Waals surface area (Å²) in [6, 6.07) is 14.5. The van der Waals surface area contributed by atoms with E-state index in [4.69, 9.17) is 0 Å². The van der Waals surface area contributed by atoms with E-state index in [1.165, 1.54) is 6.92 Å². The zero-order valence-electron chi connectivity index (χ0n) is 12.7. The van der Waals surface area contributed by atoms with E-state index >= 15 is 0 Å². The van der Waals surface area contributed by atoms with Gasteiger partial charge in [0.25, 0.3) is 0 Å². The Morgan fingerprint density at radius 1 is 1.00 bits per heavy atom. The first-order valence-corrected chi connectivity index (χ1v) is 8.71. The second-order valence-electron chi connectivity index (χ2n) is 5.21. The molecule has 0 aliphatic carbocycles. The maximum atomic E-state index is 12.8. The molecule has 0 bridgehead atoms. The van der Waals surface area contributed by atoms with Gasteiger partial charge in [-0.25, -0.2) is 4.68 Å². The van der Waals surface area contributed by atoms with Gasteiger partial charge in [0.15, 0.2) is 11.6 Å². The SMILES string of the molecule is CC(=O)c1nn(-c2cccc(Br)c2)cc1C(=O)c1ccc(Br)cc1. The molecule has 24 heavy (non-hydrogen) atoms. The number of nitrogens with zero attached hydrogens (tertiary/aromatic N) is 2. The second-order valence-corrected chi connectivity index (χ2v) is 7.04. The van der Waals surface area contributed by atoms with E-state index in [9.17, 15) is 9.59 Å². The number of carbonyl (C=O) groups is 2. The fraction of sp³-hybridized carbons (Fsp3) is 0.0556. The zero-order valence-corrected chi connectivity index (χ0v) is 15.8. The van der Waals surface area contributed by atoms with Gasteiger partial charge in [-0.2, -0.15) is 5.10 Å². The monoisotopic (exact) mass is 446 g/mol. The van der Waals surface area contributed by atoms with Gasteiger partial charge in [-0.1, -0.05) is 37.9 Å². The van der Waals surface area contributed by atoms with Crippen LogP contribution in [-0.4, -0.2) is 21.3 Å². The average molecular weight is 448 g/mol. The van der Waals surface area contributed by atoms with Crippen LogP contribution < -0.4 is 0 Å². The Balaban J connectivity index is 2.08. The van der Waals surface area contributed by atoms with Crippen LogP contribution in [-0.2, 0) is 0 Å². The fourth-order valence-electron chi connectivity index (χ4n) is 2.31. The third-order valence-electron chi connectivity index (χ3n) is 3.47. The van der Waals surface area contributed by atoms with Crippen molar-refractivity contribution in [3.8, 4) is 5.69 Å². The highest BCUT2D eigenvalue weighted by Gasteiger charge is 2.21. The van der Waals surface area contributed by atoms with E-state index in [-0.39, 0.29) is 17.3 Å². The molecule has 1 heterocycles. The van der Waals surface area contributed by atoms with Crippen LogP contribution in [0.15, 0.2) is 63.7 Å². The summed E-state index contributed by atoms with van der Waals surface area (Å²) in [5, 5.41) is 4.30. The van der Waals surface area contributed by atoms with Crippen LogP contribution >= 0.6 is 31.9 Å². The van der Waals surface area contributed by atoms with E-state index in [0.717, 1.165) is 14.6 Å². The number of benzene rings is 2. The van der Waals surface area contributed by atoms with Crippen LogP contribution in [0.2, 0.25) is 0 Å². The number of ketones is 2. The normalized spacial score (nSPS) is 10.6. The minimum Gasteiger partial charge on any atom is -0.293 e. The first kappa shape index (κ1) is 16.8. The van der Waals surface area contributed by atoms with Crippen molar-refractivity contribution in [2.75, 3.05) is 0 Å². The summed E-state index contributed by atoms with van der Waals surface area (Å²) in [6.45, 7) is 1.41. The minimum atomic E-state index is -0.246. The number of carbonyl (C=O) groups excluding carboxylic acids is 2. The molecule has 1 aromatic heterocycles. The molecular formula is C18H12Br2N2O2. The highest BCUT2D eigenvalue weighted by molar-refractivity contribution is 9.10. The number of halogens is 2. The lowest BCUT2D eigenvalue weighted by molar-refractivity contribution is 0.0987. The largest absolute Gasteiger partial charge is 0.293 e. The molecule has 0 saturated heterocycles. The van der Waals surface area contributed by atoms with Crippen LogP contribution in [0.4, 0.5) is 0 Å². The molecule has 0 spiro atoms.